The van der Waals surface area contributed by atoms with Gasteiger partial charge in [0.1, 0.15) is 0 Å². The Kier molecular flexibility index (Phi) is 7.22. The predicted molar refractivity (Wildman–Crippen MR) is 125 cm³/mol. The van der Waals surface area contributed by atoms with Crippen molar-refractivity contribution in [1.29, 1.82) is 0 Å². The molecule has 176 valence electrons. The zero-order chi connectivity index (χ0) is 22.4. The minimum absolute atomic E-state index is 0.0294. The van der Waals surface area contributed by atoms with Crippen molar-refractivity contribution in [3.8, 4) is 0 Å². The molecular weight excluding hydrogens is 392 g/mol. The highest BCUT2D eigenvalue weighted by molar-refractivity contribution is 6.77. The molecule has 1 heterocycles. The Bertz CT molecular complexity index is 564. The van der Waals surface area contributed by atoms with Gasteiger partial charge in [-0.05, 0) is 60.1 Å². The smallest absolute Gasteiger partial charge is 0.200 e. The summed E-state index contributed by atoms with van der Waals surface area (Å²) in [7, 11) is -1.89. The number of aliphatic hydroxyl groups is 1. The first-order chi connectivity index (χ1) is 14.0. The lowest BCUT2D eigenvalue weighted by Crippen LogP contribution is -2.63. The standard InChI is InChI=1S/C25H48O4Si/c1-18(2)30(19(3)4,20(5)6)29-15-14-23(7)21-10-9-12-25(27-16-17-28-25)24(21,8)13-11-22(23)26/h18-22,26H,9-17H2,1-8H3/t21-,22?,23-,24-/m1/s1. The van der Waals surface area contributed by atoms with Crippen molar-refractivity contribution in [2.24, 2.45) is 16.7 Å². The molecule has 5 heteroatoms. The van der Waals surface area contributed by atoms with E-state index in [1.165, 1.54) is 0 Å². The van der Waals surface area contributed by atoms with E-state index in [0.29, 0.717) is 35.8 Å². The van der Waals surface area contributed by atoms with E-state index in [-0.39, 0.29) is 16.9 Å². The number of aliphatic hydroxyl groups excluding tert-OH is 1. The topological polar surface area (TPSA) is 47.9 Å². The second kappa shape index (κ2) is 8.77. The molecule has 2 saturated carbocycles. The van der Waals surface area contributed by atoms with E-state index in [0.717, 1.165) is 45.1 Å². The third-order valence-electron chi connectivity index (χ3n) is 9.59. The zero-order valence-electron chi connectivity index (χ0n) is 20.9. The summed E-state index contributed by atoms with van der Waals surface area (Å²) in [6.07, 6.45) is 5.73. The van der Waals surface area contributed by atoms with E-state index < -0.39 is 14.1 Å². The lowest BCUT2D eigenvalue weighted by molar-refractivity contribution is -0.302. The molecule has 0 amide bonds. The average molecular weight is 441 g/mol. The van der Waals surface area contributed by atoms with Gasteiger partial charge < -0.3 is 19.0 Å². The summed E-state index contributed by atoms with van der Waals surface area (Å²) >= 11 is 0. The Morgan fingerprint density at radius 3 is 2.03 bits per heavy atom. The minimum atomic E-state index is -1.89. The SMILES string of the molecule is CC(C)[Si](OCC[C@@]1(C)C(O)CC[C@]2(C)[C@@H]1CCCC21OCCO1)(C(C)C)C(C)C. The van der Waals surface area contributed by atoms with Crippen LogP contribution in [0.2, 0.25) is 16.6 Å². The van der Waals surface area contributed by atoms with Gasteiger partial charge in [0.05, 0.1) is 19.3 Å². The number of hydrogen-bond donors (Lipinski definition) is 1. The van der Waals surface area contributed by atoms with Crippen molar-refractivity contribution in [2.75, 3.05) is 19.8 Å². The van der Waals surface area contributed by atoms with Crippen LogP contribution >= 0.6 is 0 Å². The quantitative estimate of drug-likeness (QED) is 0.473. The molecule has 4 nitrogen and oxygen atoms in total. The summed E-state index contributed by atoms with van der Waals surface area (Å²) in [6.45, 7) is 20.9. The van der Waals surface area contributed by atoms with Crippen LogP contribution in [0.25, 0.3) is 0 Å². The maximum atomic E-state index is 11.2. The van der Waals surface area contributed by atoms with Crippen LogP contribution in [0.15, 0.2) is 0 Å². The molecule has 1 unspecified atom stereocenters. The molecule has 0 aromatic carbocycles. The Balaban J connectivity index is 1.82. The lowest BCUT2D eigenvalue weighted by Gasteiger charge is -2.62. The van der Waals surface area contributed by atoms with Crippen LogP contribution < -0.4 is 0 Å². The van der Waals surface area contributed by atoms with Crippen LogP contribution in [-0.2, 0) is 13.9 Å². The molecule has 1 spiro atoms. The second-order valence-electron chi connectivity index (χ2n) is 11.8. The Hall–Kier alpha value is 0.0569. The van der Waals surface area contributed by atoms with E-state index in [1.807, 2.05) is 0 Å². The summed E-state index contributed by atoms with van der Waals surface area (Å²) in [5, 5.41) is 11.2. The molecule has 0 radical (unpaired) electrons. The molecule has 1 saturated heterocycles. The van der Waals surface area contributed by atoms with Gasteiger partial charge in [0.15, 0.2) is 14.1 Å². The summed E-state index contributed by atoms with van der Waals surface area (Å²) in [6, 6.07) is 0. The predicted octanol–water partition coefficient (Wildman–Crippen LogP) is 6.28. The van der Waals surface area contributed by atoms with Crippen LogP contribution in [0.3, 0.4) is 0 Å². The Morgan fingerprint density at radius 2 is 1.50 bits per heavy atom. The first kappa shape index (κ1) is 24.7. The molecule has 4 atom stereocenters. The fourth-order valence-corrected chi connectivity index (χ4v) is 13.5. The van der Waals surface area contributed by atoms with Crippen LogP contribution in [-0.4, -0.2) is 45.1 Å². The molecule has 30 heavy (non-hydrogen) atoms. The number of hydrogen-bond acceptors (Lipinski definition) is 4. The summed E-state index contributed by atoms with van der Waals surface area (Å²) in [5.41, 5.74) is 1.58. The molecule has 0 aromatic rings. The molecule has 3 rings (SSSR count). The van der Waals surface area contributed by atoms with E-state index in [2.05, 4.69) is 55.4 Å². The van der Waals surface area contributed by atoms with Crippen molar-refractivity contribution in [3.05, 3.63) is 0 Å². The first-order valence-corrected chi connectivity index (χ1v) is 14.7. The third-order valence-corrected chi connectivity index (χ3v) is 15.7. The second-order valence-corrected chi connectivity index (χ2v) is 17.2. The maximum absolute atomic E-state index is 11.2. The largest absolute Gasteiger partial charge is 0.416 e. The van der Waals surface area contributed by atoms with Gasteiger partial charge in [-0.15, -0.1) is 0 Å². The molecule has 3 aliphatic rings. The fourth-order valence-electron chi connectivity index (χ4n) is 8.05. The molecule has 0 aromatic heterocycles. The van der Waals surface area contributed by atoms with Gasteiger partial charge in [0, 0.05) is 18.4 Å². The van der Waals surface area contributed by atoms with Crippen molar-refractivity contribution >= 4 is 8.32 Å². The van der Waals surface area contributed by atoms with E-state index in [9.17, 15) is 5.11 Å². The fraction of sp³-hybridized carbons (Fsp3) is 1.00. The van der Waals surface area contributed by atoms with Crippen LogP contribution in [0.5, 0.6) is 0 Å². The first-order valence-electron chi connectivity index (χ1n) is 12.6. The normalized spacial score (nSPS) is 36.8. The van der Waals surface area contributed by atoms with Crippen molar-refractivity contribution in [1.82, 2.24) is 0 Å². The highest BCUT2D eigenvalue weighted by Crippen LogP contribution is 2.64. The monoisotopic (exact) mass is 440 g/mol. The molecular formula is C25H48O4Si. The molecule has 3 fully saturated rings. The molecule has 0 bridgehead atoms. The van der Waals surface area contributed by atoms with Crippen molar-refractivity contribution < 1.29 is 19.0 Å². The van der Waals surface area contributed by atoms with Crippen LogP contribution in [0, 0.1) is 16.7 Å². The Morgan fingerprint density at radius 1 is 0.933 bits per heavy atom. The minimum Gasteiger partial charge on any atom is -0.416 e. The van der Waals surface area contributed by atoms with E-state index in [4.69, 9.17) is 13.9 Å². The van der Waals surface area contributed by atoms with Crippen molar-refractivity contribution in [2.45, 2.75) is 122 Å². The van der Waals surface area contributed by atoms with Crippen LogP contribution in [0.4, 0.5) is 0 Å². The van der Waals surface area contributed by atoms with E-state index in [1.54, 1.807) is 0 Å². The average Bonchev–Trinajstić information content (AvgIpc) is 3.13. The molecule has 1 N–H and O–H groups in total. The van der Waals surface area contributed by atoms with Gasteiger partial charge in [-0.3, -0.25) is 0 Å². The highest BCUT2D eigenvalue weighted by Gasteiger charge is 2.65. The van der Waals surface area contributed by atoms with Gasteiger partial charge in [0.25, 0.3) is 0 Å². The van der Waals surface area contributed by atoms with Crippen LogP contribution in [0.1, 0.15) is 93.9 Å². The summed E-state index contributed by atoms with van der Waals surface area (Å²) < 4.78 is 19.5. The van der Waals surface area contributed by atoms with Gasteiger partial charge in [-0.1, -0.05) is 55.4 Å². The lowest BCUT2D eigenvalue weighted by atomic mass is 9.47. The summed E-state index contributed by atoms with van der Waals surface area (Å²) in [5.74, 6) is -0.0396. The van der Waals surface area contributed by atoms with Crippen molar-refractivity contribution in [3.63, 3.8) is 0 Å². The van der Waals surface area contributed by atoms with Gasteiger partial charge in [0.2, 0.25) is 0 Å². The number of ether oxygens (including phenoxy) is 2. The van der Waals surface area contributed by atoms with Gasteiger partial charge >= 0.3 is 0 Å². The Labute approximate surface area is 186 Å². The molecule has 2 aliphatic carbocycles. The van der Waals surface area contributed by atoms with E-state index >= 15 is 0 Å². The third kappa shape index (κ3) is 3.65. The van der Waals surface area contributed by atoms with Gasteiger partial charge in [-0.2, -0.15) is 0 Å². The zero-order valence-corrected chi connectivity index (χ0v) is 21.9. The maximum Gasteiger partial charge on any atom is 0.200 e. The van der Waals surface area contributed by atoms with Gasteiger partial charge in [-0.25, -0.2) is 0 Å². The summed E-state index contributed by atoms with van der Waals surface area (Å²) in [4.78, 5) is 0. The number of rotatable bonds is 7. The number of fused-ring (bicyclic) bond motifs is 2. The molecule has 1 aliphatic heterocycles. The highest BCUT2D eigenvalue weighted by atomic mass is 28.4.